The van der Waals surface area contributed by atoms with Gasteiger partial charge in [0, 0.05) is 39.3 Å². The molecule has 34 heavy (non-hydrogen) atoms. The molecule has 194 valence electrons. The van der Waals surface area contributed by atoms with Gasteiger partial charge < -0.3 is 15.3 Å². The van der Waals surface area contributed by atoms with Crippen molar-refractivity contribution in [2.24, 2.45) is 5.92 Å². The van der Waals surface area contributed by atoms with E-state index in [4.69, 9.17) is 9.90 Å². The molecule has 0 unspecified atom stereocenters. The molecule has 12 heteroatoms. The minimum Gasteiger partial charge on any atom is -0.475 e. The Morgan fingerprint density at radius 3 is 2.12 bits per heavy atom. The molecule has 0 radical (unpaired) electrons. The van der Waals surface area contributed by atoms with Crippen molar-refractivity contribution in [3.63, 3.8) is 0 Å². The Morgan fingerprint density at radius 1 is 1.12 bits per heavy atom. The van der Waals surface area contributed by atoms with Crippen LogP contribution in [0.5, 0.6) is 0 Å². The van der Waals surface area contributed by atoms with E-state index in [-0.39, 0.29) is 18.2 Å². The highest BCUT2D eigenvalue weighted by Gasteiger charge is 2.38. The maximum absolute atomic E-state index is 12.8. The molecule has 2 N–H and O–H groups in total. The third kappa shape index (κ3) is 11.3. The SMILES string of the molecule is Cc1ccc(CC(=O)N(CCC(C)C)CCS(=O)(=O)N2CCNCC2)cc1.O=C(O)C(F)(F)F. The van der Waals surface area contributed by atoms with Crippen molar-refractivity contribution >= 4 is 21.9 Å². The monoisotopic (exact) mass is 509 g/mol. The number of benzene rings is 1. The van der Waals surface area contributed by atoms with Crippen LogP contribution in [0.4, 0.5) is 13.2 Å². The molecule has 0 saturated carbocycles. The van der Waals surface area contributed by atoms with Crippen molar-refractivity contribution in [3.8, 4) is 0 Å². The number of alkyl halides is 3. The summed E-state index contributed by atoms with van der Waals surface area (Å²) < 4.78 is 58.5. The molecule has 0 atom stereocenters. The molecule has 1 aliphatic rings. The number of carbonyl (C=O) groups excluding carboxylic acids is 1. The van der Waals surface area contributed by atoms with Crippen molar-refractivity contribution in [3.05, 3.63) is 35.4 Å². The Balaban J connectivity index is 0.000000718. The number of carboxylic acid groups (broad SMARTS) is 1. The molecule has 1 saturated heterocycles. The summed E-state index contributed by atoms with van der Waals surface area (Å²) in [6, 6.07) is 7.92. The normalized spacial score (nSPS) is 14.9. The van der Waals surface area contributed by atoms with Crippen molar-refractivity contribution in [1.82, 2.24) is 14.5 Å². The third-order valence-corrected chi connectivity index (χ3v) is 6.99. The van der Waals surface area contributed by atoms with Gasteiger partial charge in [-0.15, -0.1) is 0 Å². The first-order chi connectivity index (χ1) is 15.7. The minimum absolute atomic E-state index is 0.00462. The van der Waals surface area contributed by atoms with Crippen molar-refractivity contribution in [1.29, 1.82) is 0 Å². The molecule has 2 rings (SSSR count). The molecule has 0 bridgehead atoms. The highest BCUT2D eigenvalue weighted by Crippen LogP contribution is 2.13. The standard InChI is InChI=1S/C20H33N3O3S.C2HF3O2/c1-17(2)8-11-22(20(24)16-19-6-4-18(3)5-7-19)14-15-27(25,26)23-12-9-21-10-13-23;3-2(4,5)1(6)7/h4-7,17,21H,8-16H2,1-3H3;(H,6,7). The summed E-state index contributed by atoms with van der Waals surface area (Å²) in [5.74, 6) is -2.31. The van der Waals surface area contributed by atoms with Crippen LogP contribution in [0, 0.1) is 12.8 Å². The second-order valence-corrected chi connectivity index (χ2v) is 10.6. The Morgan fingerprint density at radius 2 is 1.65 bits per heavy atom. The van der Waals surface area contributed by atoms with Crippen LogP contribution < -0.4 is 5.32 Å². The Labute approximate surface area is 199 Å². The number of nitrogens with one attached hydrogen (secondary N) is 1. The number of amides is 1. The van der Waals surface area contributed by atoms with Crippen LogP contribution in [0.25, 0.3) is 0 Å². The highest BCUT2D eigenvalue weighted by atomic mass is 32.2. The molecule has 1 fully saturated rings. The van der Waals surface area contributed by atoms with Gasteiger partial charge in [0.2, 0.25) is 15.9 Å². The summed E-state index contributed by atoms with van der Waals surface area (Å²) >= 11 is 0. The molecule has 0 spiro atoms. The maximum atomic E-state index is 12.8. The Hall–Kier alpha value is -2.18. The average molecular weight is 510 g/mol. The lowest BCUT2D eigenvalue weighted by Gasteiger charge is -2.29. The summed E-state index contributed by atoms with van der Waals surface area (Å²) in [5.41, 5.74) is 2.12. The van der Waals surface area contributed by atoms with Gasteiger partial charge in [0.1, 0.15) is 0 Å². The van der Waals surface area contributed by atoms with E-state index in [2.05, 4.69) is 19.2 Å². The van der Waals surface area contributed by atoms with E-state index in [0.29, 0.717) is 45.1 Å². The molecule has 0 aromatic heterocycles. The predicted molar refractivity (Wildman–Crippen MR) is 123 cm³/mol. The molecule has 1 heterocycles. The fourth-order valence-corrected chi connectivity index (χ4v) is 4.49. The first kappa shape index (κ1) is 29.9. The second-order valence-electron chi connectivity index (χ2n) is 8.49. The quantitative estimate of drug-likeness (QED) is 0.529. The number of sulfonamides is 1. The van der Waals surface area contributed by atoms with Crippen LogP contribution in [0.1, 0.15) is 31.4 Å². The van der Waals surface area contributed by atoms with Crippen LogP contribution in [-0.2, 0) is 26.0 Å². The molecule has 1 amide bonds. The lowest BCUT2D eigenvalue weighted by molar-refractivity contribution is -0.192. The average Bonchev–Trinajstić information content (AvgIpc) is 2.75. The number of nitrogens with zero attached hydrogens (tertiary/aromatic N) is 2. The Kier molecular flexibility index (Phi) is 12.0. The lowest BCUT2D eigenvalue weighted by Crippen LogP contribution is -2.48. The smallest absolute Gasteiger partial charge is 0.475 e. The van der Waals surface area contributed by atoms with Gasteiger partial charge in [-0.05, 0) is 24.8 Å². The lowest BCUT2D eigenvalue weighted by atomic mass is 10.1. The first-order valence-electron chi connectivity index (χ1n) is 11.0. The van der Waals surface area contributed by atoms with Gasteiger partial charge in [0.15, 0.2) is 0 Å². The number of hydrogen-bond acceptors (Lipinski definition) is 5. The summed E-state index contributed by atoms with van der Waals surface area (Å²) in [7, 11) is -3.33. The van der Waals surface area contributed by atoms with E-state index in [1.165, 1.54) is 4.31 Å². The molecular weight excluding hydrogens is 475 g/mol. The summed E-state index contributed by atoms with van der Waals surface area (Å²) in [5, 5.41) is 10.3. The summed E-state index contributed by atoms with van der Waals surface area (Å²) in [4.78, 5) is 23.4. The predicted octanol–water partition coefficient (Wildman–Crippen LogP) is 2.28. The topological polar surface area (TPSA) is 107 Å². The number of aliphatic carboxylic acids is 1. The third-order valence-electron chi connectivity index (χ3n) is 5.14. The van der Waals surface area contributed by atoms with Crippen LogP contribution in [0.3, 0.4) is 0 Å². The first-order valence-corrected chi connectivity index (χ1v) is 12.6. The number of aryl methyl sites for hydroxylation is 1. The van der Waals surface area contributed by atoms with Crippen LogP contribution in [-0.4, -0.2) is 85.8 Å². The van der Waals surface area contributed by atoms with Crippen molar-refractivity contribution in [2.45, 2.75) is 39.8 Å². The van der Waals surface area contributed by atoms with Gasteiger partial charge >= 0.3 is 12.1 Å². The molecule has 1 aliphatic heterocycles. The van der Waals surface area contributed by atoms with Gasteiger partial charge in [0.25, 0.3) is 0 Å². The van der Waals surface area contributed by atoms with E-state index >= 15 is 0 Å². The fraction of sp³-hybridized carbons (Fsp3) is 0.636. The molecular formula is C22H34F3N3O5S. The van der Waals surface area contributed by atoms with E-state index in [0.717, 1.165) is 17.5 Å². The van der Waals surface area contributed by atoms with Crippen molar-refractivity contribution in [2.75, 3.05) is 45.0 Å². The number of carboxylic acids is 1. The summed E-state index contributed by atoms with van der Waals surface area (Å²) in [6.45, 7) is 9.47. The molecule has 1 aromatic carbocycles. The maximum Gasteiger partial charge on any atom is 0.490 e. The minimum atomic E-state index is -5.08. The largest absolute Gasteiger partial charge is 0.490 e. The zero-order valence-corrected chi connectivity index (χ0v) is 20.6. The van der Waals surface area contributed by atoms with E-state index in [1.807, 2.05) is 31.2 Å². The number of piperazine rings is 1. The molecule has 0 aliphatic carbocycles. The van der Waals surface area contributed by atoms with Crippen molar-refractivity contribution < 1.29 is 36.3 Å². The molecule has 1 aromatic rings. The van der Waals surface area contributed by atoms with Crippen LogP contribution in [0.2, 0.25) is 0 Å². The number of carbonyl (C=O) groups is 2. The second kappa shape index (κ2) is 13.6. The zero-order chi connectivity index (χ0) is 25.9. The summed E-state index contributed by atoms with van der Waals surface area (Å²) in [6.07, 6.45) is -3.90. The number of halogens is 3. The van der Waals surface area contributed by atoms with E-state index in [1.54, 1.807) is 4.90 Å². The van der Waals surface area contributed by atoms with Gasteiger partial charge in [-0.2, -0.15) is 17.5 Å². The highest BCUT2D eigenvalue weighted by molar-refractivity contribution is 7.89. The van der Waals surface area contributed by atoms with Crippen LogP contribution >= 0.6 is 0 Å². The number of rotatable bonds is 9. The molecule has 8 nitrogen and oxygen atoms in total. The van der Waals surface area contributed by atoms with E-state index < -0.39 is 22.2 Å². The zero-order valence-electron chi connectivity index (χ0n) is 19.8. The number of hydrogen-bond donors (Lipinski definition) is 2. The fourth-order valence-electron chi connectivity index (χ4n) is 3.04. The van der Waals surface area contributed by atoms with Crippen LogP contribution in [0.15, 0.2) is 24.3 Å². The van der Waals surface area contributed by atoms with E-state index in [9.17, 15) is 26.4 Å². The van der Waals surface area contributed by atoms with Gasteiger partial charge in [-0.1, -0.05) is 43.7 Å². The van der Waals surface area contributed by atoms with Gasteiger partial charge in [0.05, 0.1) is 12.2 Å². The Bertz CT molecular complexity index is 884. The van der Waals surface area contributed by atoms with Gasteiger partial charge in [-0.25, -0.2) is 13.2 Å². The van der Waals surface area contributed by atoms with Gasteiger partial charge in [-0.3, -0.25) is 4.79 Å².